The molecule has 1 heterocycles. The van der Waals surface area contributed by atoms with Crippen molar-refractivity contribution in [2.24, 2.45) is 0 Å². The second kappa shape index (κ2) is 15.6. The Morgan fingerprint density at radius 3 is 0.731 bits per heavy atom. The highest BCUT2D eigenvalue weighted by Crippen LogP contribution is 2.36. The lowest BCUT2D eigenvalue weighted by Gasteiger charge is -2.00. The standard InChI is InChI=1S/C4H10NP.4FH2O3P/c6-5-3-1-2-4-5;4*1-5(2,3)4/h1-4,6H2;4*(H2,2,3,4). The minimum atomic E-state index is -5.14. The molecule has 1 aliphatic rings. The van der Waals surface area contributed by atoms with Gasteiger partial charge in [-0.15, -0.1) is 16.8 Å². The summed E-state index contributed by atoms with van der Waals surface area (Å²) in [5.41, 5.74) is 0. The van der Waals surface area contributed by atoms with Crippen molar-refractivity contribution in [2.45, 2.75) is 12.8 Å². The molecule has 164 valence electrons. The summed E-state index contributed by atoms with van der Waals surface area (Å²) in [4.78, 5) is 55.7. The summed E-state index contributed by atoms with van der Waals surface area (Å²) in [6.07, 6.45) is 2.78. The van der Waals surface area contributed by atoms with Crippen LogP contribution in [0.15, 0.2) is 0 Å². The van der Waals surface area contributed by atoms with Crippen LogP contribution in [-0.2, 0) is 18.3 Å². The molecule has 1 saturated heterocycles. The maximum Gasteiger partial charge on any atom is 0.507 e. The summed E-state index contributed by atoms with van der Waals surface area (Å²) < 4.78 is 78.3. The Kier molecular flexibility index (Phi) is 20.6. The molecule has 0 aromatic rings. The summed E-state index contributed by atoms with van der Waals surface area (Å²) in [6, 6.07) is 0. The number of halogens is 4. The van der Waals surface area contributed by atoms with Gasteiger partial charge in [-0.2, -0.15) is 0 Å². The van der Waals surface area contributed by atoms with Gasteiger partial charge in [-0.05, 0) is 12.8 Å². The fourth-order valence-corrected chi connectivity index (χ4v) is 1.11. The average Bonchev–Trinajstić information content (AvgIpc) is 2.56. The monoisotopic (exact) mass is 503 g/mol. The van der Waals surface area contributed by atoms with E-state index in [2.05, 4.69) is 14.1 Å². The number of hydrogen-bond acceptors (Lipinski definition) is 5. The zero-order valence-corrected chi connectivity index (χ0v) is 17.1. The molecule has 0 aliphatic carbocycles. The number of rotatable bonds is 0. The van der Waals surface area contributed by atoms with E-state index >= 15 is 0 Å². The molecule has 1 aliphatic heterocycles. The van der Waals surface area contributed by atoms with Crippen molar-refractivity contribution in [3.63, 3.8) is 0 Å². The zero-order chi connectivity index (χ0) is 22.4. The molecule has 0 radical (unpaired) electrons. The molecule has 0 aromatic carbocycles. The van der Waals surface area contributed by atoms with E-state index in [1.807, 2.05) is 0 Å². The summed E-state index contributed by atoms with van der Waals surface area (Å²) in [5, 5.41) is 0. The van der Waals surface area contributed by atoms with Gasteiger partial charge in [-0.1, -0.05) is 9.39 Å². The predicted molar refractivity (Wildman–Crippen MR) is 83.1 cm³/mol. The second-order valence-electron chi connectivity index (χ2n) is 3.63. The molecular formula is C4H18F4NO12P5. The lowest BCUT2D eigenvalue weighted by molar-refractivity contribution is 0.320. The van der Waals surface area contributed by atoms with E-state index < -0.39 is 31.6 Å². The van der Waals surface area contributed by atoms with Crippen molar-refractivity contribution in [2.75, 3.05) is 13.1 Å². The van der Waals surface area contributed by atoms with Crippen LogP contribution >= 0.6 is 41.0 Å². The predicted octanol–water partition coefficient (Wildman–Crippen LogP) is 1.07. The minimum Gasteiger partial charge on any atom is -0.299 e. The third kappa shape index (κ3) is 234. The minimum absolute atomic E-state index is 1.28. The van der Waals surface area contributed by atoms with Gasteiger partial charge in [0.15, 0.2) is 0 Å². The first-order valence-electron chi connectivity index (χ1n) is 5.40. The molecule has 0 bridgehead atoms. The first kappa shape index (κ1) is 34.2. The Bertz CT molecular complexity index is 407. The second-order valence-corrected chi connectivity index (χ2v) is 8.15. The van der Waals surface area contributed by atoms with E-state index in [0.717, 1.165) is 0 Å². The largest absolute Gasteiger partial charge is 0.507 e. The lowest BCUT2D eigenvalue weighted by Crippen LogP contribution is -2.01. The maximum absolute atomic E-state index is 10.4. The molecule has 0 amide bonds. The van der Waals surface area contributed by atoms with Crippen molar-refractivity contribution < 1.29 is 74.2 Å². The SMILES string of the molecule is O=P(O)(O)F.O=P(O)(O)F.O=P(O)(O)F.O=P(O)(O)F.PN1CCCC1. The average molecular weight is 503 g/mol. The summed E-state index contributed by atoms with van der Waals surface area (Å²) >= 11 is 0. The molecule has 0 aromatic heterocycles. The third-order valence-corrected chi connectivity index (χ3v) is 1.66. The van der Waals surface area contributed by atoms with E-state index in [9.17, 15) is 16.8 Å². The highest BCUT2D eigenvalue weighted by molar-refractivity contribution is 7.46. The van der Waals surface area contributed by atoms with Gasteiger partial charge in [0.1, 0.15) is 0 Å². The van der Waals surface area contributed by atoms with Crippen LogP contribution in [0.4, 0.5) is 16.8 Å². The molecule has 22 heteroatoms. The van der Waals surface area contributed by atoms with Crippen molar-refractivity contribution in [3.05, 3.63) is 0 Å². The molecule has 0 saturated carbocycles. The Morgan fingerprint density at radius 2 is 0.692 bits per heavy atom. The third-order valence-electron chi connectivity index (χ3n) is 1.14. The zero-order valence-electron chi connectivity index (χ0n) is 12.4. The van der Waals surface area contributed by atoms with Gasteiger partial charge in [0, 0.05) is 13.1 Å². The molecule has 13 nitrogen and oxygen atoms in total. The van der Waals surface area contributed by atoms with Crippen molar-refractivity contribution in [1.29, 1.82) is 0 Å². The van der Waals surface area contributed by atoms with Gasteiger partial charge in [0.05, 0.1) is 0 Å². The van der Waals surface area contributed by atoms with Crippen LogP contribution in [-0.4, -0.2) is 56.9 Å². The van der Waals surface area contributed by atoms with Crippen LogP contribution in [0.5, 0.6) is 0 Å². The van der Waals surface area contributed by atoms with Gasteiger partial charge in [0.2, 0.25) is 0 Å². The van der Waals surface area contributed by atoms with Crippen molar-refractivity contribution >= 4 is 41.0 Å². The highest BCUT2D eigenvalue weighted by Gasteiger charge is 2.06. The fourth-order valence-electron chi connectivity index (χ4n) is 0.742. The van der Waals surface area contributed by atoms with Gasteiger partial charge in [0.25, 0.3) is 0 Å². The smallest absolute Gasteiger partial charge is 0.299 e. The molecule has 26 heavy (non-hydrogen) atoms. The summed E-state index contributed by atoms with van der Waals surface area (Å²) in [5.74, 6) is 0. The van der Waals surface area contributed by atoms with E-state index in [-0.39, 0.29) is 0 Å². The quantitative estimate of drug-likeness (QED) is 0.171. The van der Waals surface area contributed by atoms with E-state index in [0.29, 0.717) is 0 Å². The van der Waals surface area contributed by atoms with Crippen molar-refractivity contribution in [3.8, 4) is 0 Å². The number of hydrogen-bond donors (Lipinski definition) is 8. The lowest BCUT2D eigenvalue weighted by atomic mass is 10.4. The summed E-state index contributed by atoms with van der Waals surface area (Å²) in [7, 11) is -17.8. The van der Waals surface area contributed by atoms with Crippen molar-refractivity contribution in [1.82, 2.24) is 4.67 Å². The van der Waals surface area contributed by atoms with Crippen LogP contribution < -0.4 is 0 Å². The Hall–Kier alpha value is 0.710. The van der Waals surface area contributed by atoms with Gasteiger partial charge in [-0.25, -0.2) is 18.3 Å². The molecule has 1 fully saturated rings. The first-order chi connectivity index (χ1) is 10.9. The van der Waals surface area contributed by atoms with E-state index in [4.69, 9.17) is 57.4 Å². The molecule has 1 unspecified atom stereocenters. The molecule has 1 rings (SSSR count). The Balaban J connectivity index is -0.000000117. The number of nitrogens with zero attached hydrogens (tertiary/aromatic N) is 1. The van der Waals surface area contributed by atoms with Crippen LogP contribution in [0, 0.1) is 0 Å². The Labute approximate surface area is 146 Å². The fraction of sp³-hybridized carbons (Fsp3) is 1.00. The van der Waals surface area contributed by atoms with Crippen LogP contribution in [0.3, 0.4) is 0 Å². The van der Waals surface area contributed by atoms with Crippen LogP contribution in [0.25, 0.3) is 0 Å². The molecule has 8 N–H and O–H groups in total. The topological polar surface area (TPSA) is 233 Å². The highest BCUT2D eigenvalue weighted by atomic mass is 31.2. The first-order valence-corrected chi connectivity index (χ1v) is 11.9. The van der Waals surface area contributed by atoms with Gasteiger partial charge >= 0.3 is 31.6 Å². The molecule has 1 atom stereocenters. The molecular weight excluding hydrogens is 485 g/mol. The summed E-state index contributed by atoms with van der Waals surface area (Å²) in [6.45, 7) is 2.56. The van der Waals surface area contributed by atoms with Crippen LogP contribution in [0.1, 0.15) is 12.8 Å². The van der Waals surface area contributed by atoms with Gasteiger partial charge in [-0.3, -0.25) is 43.8 Å². The van der Waals surface area contributed by atoms with Gasteiger partial charge < -0.3 is 0 Å². The Morgan fingerprint density at radius 1 is 0.577 bits per heavy atom. The van der Waals surface area contributed by atoms with E-state index in [1.165, 1.54) is 25.9 Å². The molecule has 0 spiro atoms. The van der Waals surface area contributed by atoms with Crippen LogP contribution in [0.2, 0.25) is 0 Å². The van der Waals surface area contributed by atoms with E-state index in [1.54, 1.807) is 0 Å². The maximum atomic E-state index is 10.4. The normalized spacial score (nSPS) is 15.0.